The lowest BCUT2D eigenvalue weighted by atomic mass is 10.3. The van der Waals surface area contributed by atoms with Gasteiger partial charge in [0.1, 0.15) is 18.5 Å². The van der Waals surface area contributed by atoms with Crippen LogP contribution < -0.4 is 5.32 Å². The lowest BCUT2D eigenvalue weighted by molar-refractivity contribution is 0.0587. The van der Waals surface area contributed by atoms with Crippen molar-refractivity contribution in [1.29, 1.82) is 0 Å². The van der Waals surface area contributed by atoms with E-state index < -0.39 is 5.97 Å². The molecule has 8 heteroatoms. The van der Waals surface area contributed by atoms with Crippen molar-refractivity contribution in [2.45, 2.75) is 13.8 Å². The molecule has 0 fully saturated rings. The molecule has 0 radical (unpaired) electrons. The smallest absolute Gasteiger partial charge is 0.377 e. The maximum Gasteiger partial charge on any atom is 0.377 e. The normalized spacial score (nSPS) is 10.3. The number of carbonyl (C=O) groups excluding carboxylic acids is 1. The van der Waals surface area contributed by atoms with Crippen LogP contribution in [-0.2, 0) is 4.74 Å². The van der Waals surface area contributed by atoms with Crippen LogP contribution in [0.15, 0.2) is 12.7 Å². The topological polar surface area (TPSA) is 94.8 Å². The summed E-state index contributed by atoms with van der Waals surface area (Å²) in [6, 6.07) is 0. The van der Waals surface area contributed by atoms with E-state index >= 15 is 0 Å². The molecule has 0 amide bonds. The van der Waals surface area contributed by atoms with Crippen molar-refractivity contribution < 1.29 is 9.53 Å². The minimum Gasteiger partial charge on any atom is -0.463 e. The standard InChI is InChI=1S/C11H14N6O2/c1-4-12-8-7(2)10(14-5-13-8)17-6-15-9(16-17)11(18)19-3/h5-6H,4H2,1-3H3,(H,12,13,14). The van der Waals surface area contributed by atoms with E-state index in [1.165, 1.54) is 24.4 Å². The van der Waals surface area contributed by atoms with Gasteiger partial charge in [0.15, 0.2) is 5.82 Å². The number of methoxy groups -OCH3 is 1. The first-order valence-corrected chi connectivity index (χ1v) is 5.73. The number of ether oxygens (including phenoxy) is 1. The molecular formula is C11H14N6O2. The highest BCUT2D eigenvalue weighted by molar-refractivity contribution is 5.84. The molecule has 0 aromatic carbocycles. The lowest BCUT2D eigenvalue weighted by Gasteiger charge is -2.09. The molecule has 0 unspecified atom stereocenters. The van der Waals surface area contributed by atoms with Gasteiger partial charge in [0.05, 0.1) is 7.11 Å². The van der Waals surface area contributed by atoms with E-state index in [2.05, 4.69) is 30.1 Å². The van der Waals surface area contributed by atoms with Gasteiger partial charge in [0.2, 0.25) is 0 Å². The van der Waals surface area contributed by atoms with Crippen LogP contribution in [0.3, 0.4) is 0 Å². The van der Waals surface area contributed by atoms with E-state index in [4.69, 9.17) is 0 Å². The second-order valence-corrected chi connectivity index (χ2v) is 3.71. The predicted octanol–water partition coefficient (Wildman–Crippen LogP) is 0.584. The van der Waals surface area contributed by atoms with Crippen molar-refractivity contribution in [1.82, 2.24) is 24.7 Å². The highest BCUT2D eigenvalue weighted by Gasteiger charge is 2.15. The minimum absolute atomic E-state index is 0.00878. The number of anilines is 1. The first-order chi connectivity index (χ1) is 9.17. The van der Waals surface area contributed by atoms with Crippen LogP contribution in [0.1, 0.15) is 23.1 Å². The molecule has 0 saturated heterocycles. The van der Waals surface area contributed by atoms with Crippen LogP contribution in [0.4, 0.5) is 5.82 Å². The Labute approximate surface area is 109 Å². The molecule has 2 aromatic heterocycles. The molecular weight excluding hydrogens is 248 g/mol. The van der Waals surface area contributed by atoms with E-state index in [1.54, 1.807) is 0 Å². The molecule has 2 heterocycles. The van der Waals surface area contributed by atoms with E-state index in [1.807, 2.05) is 13.8 Å². The lowest BCUT2D eigenvalue weighted by Crippen LogP contribution is -2.09. The second-order valence-electron chi connectivity index (χ2n) is 3.71. The fraction of sp³-hybridized carbons (Fsp3) is 0.364. The number of aromatic nitrogens is 5. The number of nitrogens with zero attached hydrogens (tertiary/aromatic N) is 5. The SMILES string of the molecule is CCNc1ncnc(-n2cnc(C(=O)OC)n2)c1C. The fourth-order valence-electron chi connectivity index (χ4n) is 1.57. The summed E-state index contributed by atoms with van der Waals surface area (Å²) in [6.07, 6.45) is 2.84. The van der Waals surface area contributed by atoms with Gasteiger partial charge < -0.3 is 10.1 Å². The second kappa shape index (κ2) is 5.42. The predicted molar refractivity (Wildman–Crippen MR) is 67.2 cm³/mol. The molecule has 0 aliphatic carbocycles. The molecule has 19 heavy (non-hydrogen) atoms. The molecule has 0 atom stereocenters. The molecule has 0 spiro atoms. The van der Waals surface area contributed by atoms with Crippen molar-refractivity contribution in [2.75, 3.05) is 19.0 Å². The third-order valence-corrected chi connectivity index (χ3v) is 2.48. The zero-order valence-corrected chi connectivity index (χ0v) is 10.9. The summed E-state index contributed by atoms with van der Waals surface area (Å²) >= 11 is 0. The van der Waals surface area contributed by atoms with Gasteiger partial charge in [-0.1, -0.05) is 0 Å². The molecule has 8 nitrogen and oxygen atoms in total. The van der Waals surface area contributed by atoms with Gasteiger partial charge in [-0.3, -0.25) is 0 Å². The maximum atomic E-state index is 11.3. The van der Waals surface area contributed by atoms with Crippen molar-refractivity contribution in [3.63, 3.8) is 0 Å². The van der Waals surface area contributed by atoms with E-state index in [9.17, 15) is 4.79 Å². The maximum absolute atomic E-state index is 11.3. The van der Waals surface area contributed by atoms with Gasteiger partial charge in [-0.2, -0.15) is 0 Å². The fourth-order valence-corrected chi connectivity index (χ4v) is 1.57. The summed E-state index contributed by atoms with van der Waals surface area (Å²) < 4.78 is 5.98. The average Bonchev–Trinajstić information content (AvgIpc) is 2.90. The summed E-state index contributed by atoms with van der Waals surface area (Å²) in [5.74, 6) is 0.694. The van der Waals surface area contributed by atoms with Crippen molar-refractivity contribution >= 4 is 11.8 Å². The molecule has 2 aromatic rings. The van der Waals surface area contributed by atoms with Gasteiger partial charge >= 0.3 is 5.97 Å². The highest BCUT2D eigenvalue weighted by atomic mass is 16.5. The Kier molecular flexibility index (Phi) is 3.69. The molecule has 100 valence electrons. The monoisotopic (exact) mass is 262 g/mol. The molecule has 0 aliphatic heterocycles. The Balaban J connectivity index is 2.39. The molecule has 2 rings (SSSR count). The van der Waals surface area contributed by atoms with E-state index in [-0.39, 0.29) is 5.82 Å². The summed E-state index contributed by atoms with van der Waals surface area (Å²) in [5.41, 5.74) is 0.825. The quantitative estimate of drug-likeness (QED) is 0.805. The average molecular weight is 262 g/mol. The third kappa shape index (κ3) is 2.51. The van der Waals surface area contributed by atoms with Crippen LogP contribution in [0.5, 0.6) is 0 Å². The molecule has 0 aliphatic rings. The number of esters is 1. The Morgan fingerprint density at radius 1 is 1.42 bits per heavy atom. The van der Waals surface area contributed by atoms with Crippen LogP contribution in [-0.4, -0.2) is 44.4 Å². The molecule has 0 bridgehead atoms. The summed E-state index contributed by atoms with van der Waals surface area (Å²) in [4.78, 5) is 23.5. The summed E-state index contributed by atoms with van der Waals surface area (Å²) in [5, 5.41) is 7.15. The first-order valence-electron chi connectivity index (χ1n) is 5.73. The zero-order valence-electron chi connectivity index (χ0n) is 10.9. The van der Waals surface area contributed by atoms with Crippen LogP contribution in [0.25, 0.3) is 5.82 Å². The van der Waals surface area contributed by atoms with Crippen LogP contribution >= 0.6 is 0 Å². The summed E-state index contributed by atoms with van der Waals surface area (Å²) in [6.45, 7) is 4.60. The Hall–Kier alpha value is -2.51. The largest absolute Gasteiger partial charge is 0.463 e. The summed E-state index contributed by atoms with van der Waals surface area (Å²) in [7, 11) is 1.28. The van der Waals surface area contributed by atoms with Crippen molar-refractivity contribution in [2.24, 2.45) is 0 Å². The van der Waals surface area contributed by atoms with E-state index in [0.717, 1.165) is 17.9 Å². The number of carbonyl (C=O) groups is 1. The number of hydrogen-bond acceptors (Lipinski definition) is 7. The van der Waals surface area contributed by atoms with Gasteiger partial charge in [0, 0.05) is 12.1 Å². The van der Waals surface area contributed by atoms with Crippen LogP contribution in [0.2, 0.25) is 0 Å². The van der Waals surface area contributed by atoms with Crippen LogP contribution in [0, 0.1) is 6.92 Å². The minimum atomic E-state index is -0.586. The molecule has 1 N–H and O–H groups in total. The number of nitrogens with one attached hydrogen (secondary N) is 1. The Morgan fingerprint density at radius 3 is 2.89 bits per heavy atom. The van der Waals surface area contributed by atoms with Crippen molar-refractivity contribution in [3.8, 4) is 5.82 Å². The third-order valence-electron chi connectivity index (χ3n) is 2.48. The Morgan fingerprint density at radius 2 is 2.21 bits per heavy atom. The van der Waals surface area contributed by atoms with Gasteiger partial charge in [0.25, 0.3) is 5.82 Å². The van der Waals surface area contributed by atoms with E-state index in [0.29, 0.717) is 5.82 Å². The first kappa shape index (κ1) is 12.9. The highest BCUT2D eigenvalue weighted by Crippen LogP contribution is 2.16. The number of hydrogen-bond donors (Lipinski definition) is 1. The van der Waals surface area contributed by atoms with Gasteiger partial charge in [-0.05, 0) is 13.8 Å². The zero-order chi connectivity index (χ0) is 13.8. The van der Waals surface area contributed by atoms with Gasteiger partial charge in [-0.15, -0.1) is 5.10 Å². The van der Waals surface area contributed by atoms with Gasteiger partial charge in [-0.25, -0.2) is 24.4 Å². The number of rotatable bonds is 4. The van der Waals surface area contributed by atoms with Crippen molar-refractivity contribution in [3.05, 3.63) is 24.0 Å². The molecule has 0 saturated carbocycles. The Bertz CT molecular complexity index is 595.